The van der Waals surface area contributed by atoms with Crippen molar-refractivity contribution in [2.45, 2.75) is 0 Å². The van der Waals surface area contributed by atoms with Crippen molar-refractivity contribution in [3.8, 4) is 0 Å². The minimum atomic E-state index is 0.940. The molecule has 0 aliphatic heterocycles. The Morgan fingerprint density at radius 3 is 1.73 bits per heavy atom. The number of hydrogen-bond acceptors (Lipinski definition) is 2. The van der Waals surface area contributed by atoms with Crippen molar-refractivity contribution in [1.82, 2.24) is 10.2 Å². The standard InChI is InChI=1S/C20H12N2/c1-2-4-14-8-17-11-19-12-20-15(5-6-21-22-20)9-18(19)10-16(17)7-13(14)3-1/h1-12H. The lowest BCUT2D eigenvalue weighted by atomic mass is 9.99. The van der Waals surface area contributed by atoms with E-state index in [-0.39, 0.29) is 0 Å². The highest BCUT2D eigenvalue weighted by Gasteiger charge is 2.03. The van der Waals surface area contributed by atoms with E-state index in [1.807, 2.05) is 6.07 Å². The SMILES string of the molecule is c1ccc2cc3cc4cc5nnccc5cc4cc3cc2c1. The van der Waals surface area contributed by atoms with E-state index in [1.54, 1.807) is 6.20 Å². The van der Waals surface area contributed by atoms with Crippen LogP contribution in [0.2, 0.25) is 0 Å². The van der Waals surface area contributed by atoms with Gasteiger partial charge in [0, 0.05) is 5.39 Å². The highest BCUT2D eigenvalue weighted by atomic mass is 15.1. The molecule has 0 bridgehead atoms. The maximum atomic E-state index is 4.21. The van der Waals surface area contributed by atoms with Gasteiger partial charge in [0.05, 0.1) is 11.7 Å². The minimum Gasteiger partial charge on any atom is -0.159 e. The molecule has 2 nitrogen and oxygen atoms in total. The summed E-state index contributed by atoms with van der Waals surface area (Å²) in [7, 11) is 0. The molecule has 5 aromatic rings. The Bertz CT molecular complexity index is 992. The number of benzene rings is 4. The zero-order valence-corrected chi connectivity index (χ0v) is 11.8. The van der Waals surface area contributed by atoms with Crippen LogP contribution in [0.5, 0.6) is 0 Å². The summed E-state index contributed by atoms with van der Waals surface area (Å²) in [4.78, 5) is 0. The molecule has 0 aliphatic carbocycles. The average Bonchev–Trinajstić information content (AvgIpc) is 2.56. The molecule has 102 valence electrons. The third-order valence-corrected chi connectivity index (χ3v) is 4.29. The molecular weight excluding hydrogens is 268 g/mol. The van der Waals surface area contributed by atoms with Crippen LogP contribution in [0.15, 0.2) is 72.9 Å². The Balaban J connectivity index is 1.93. The number of aromatic nitrogens is 2. The van der Waals surface area contributed by atoms with E-state index >= 15 is 0 Å². The first-order valence-electron chi connectivity index (χ1n) is 7.35. The molecule has 0 fully saturated rings. The maximum Gasteiger partial charge on any atom is 0.0936 e. The summed E-state index contributed by atoms with van der Waals surface area (Å²) in [5.74, 6) is 0. The Kier molecular flexibility index (Phi) is 2.25. The van der Waals surface area contributed by atoms with Crippen LogP contribution in [-0.2, 0) is 0 Å². The summed E-state index contributed by atoms with van der Waals surface area (Å²) in [5, 5.41) is 16.8. The van der Waals surface area contributed by atoms with Crippen LogP contribution in [0.4, 0.5) is 0 Å². The number of rotatable bonds is 0. The van der Waals surface area contributed by atoms with Crippen molar-refractivity contribution in [1.29, 1.82) is 0 Å². The van der Waals surface area contributed by atoms with E-state index in [0.29, 0.717) is 0 Å². The average molecular weight is 280 g/mol. The fourth-order valence-corrected chi connectivity index (χ4v) is 3.18. The molecule has 0 unspecified atom stereocenters. The molecule has 1 aromatic heterocycles. The summed E-state index contributed by atoms with van der Waals surface area (Å²) < 4.78 is 0. The lowest BCUT2D eigenvalue weighted by Gasteiger charge is -2.06. The number of hydrogen-bond donors (Lipinski definition) is 0. The highest BCUT2D eigenvalue weighted by Crippen LogP contribution is 2.29. The van der Waals surface area contributed by atoms with Gasteiger partial charge in [-0.1, -0.05) is 24.3 Å². The predicted molar refractivity (Wildman–Crippen MR) is 92.1 cm³/mol. The molecule has 0 atom stereocenters. The summed E-state index contributed by atoms with van der Waals surface area (Å²) >= 11 is 0. The summed E-state index contributed by atoms with van der Waals surface area (Å²) in [5.41, 5.74) is 0.940. The highest BCUT2D eigenvalue weighted by molar-refractivity contribution is 6.07. The van der Waals surface area contributed by atoms with Crippen LogP contribution in [0.25, 0.3) is 43.2 Å². The van der Waals surface area contributed by atoms with Crippen LogP contribution >= 0.6 is 0 Å². The van der Waals surface area contributed by atoms with Crippen molar-refractivity contribution in [3.05, 3.63) is 72.9 Å². The van der Waals surface area contributed by atoms with Gasteiger partial charge in [0.15, 0.2) is 0 Å². The van der Waals surface area contributed by atoms with Gasteiger partial charge in [-0.25, -0.2) is 0 Å². The summed E-state index contributed by atoms with van der Waals surface area (Å²) in [6.45, 7) is 0. The lowest BCUT2D eigenvalue weighted by Crippen LogP contribution is -1.84. The van der Waals surface area contributed by atoms with Crippen molar-refractivity contribution in [2.75, 3.05) is 0 Å². The Morgan fingerprint density at radius 1 is 0.500 bits per heavy atom. The van der Waals surface area contributed by atoms with Crippen LogP contribution in [0, 0.1) is 0 Å². The van der Waals surface area contributed by atoms with Gasteiger partial charge < -0.3 is 0 Å². The van der Waals surface area contributed by atoms with Gasteiger partial charge in [-0.05, 0) is 74.8 Å². The first-order valence-corrected chi connectivity index (χ1v) is 7.35. The molecule has 0 saturated heterocycles. The third-order valence-electron chi connectivity index (χ3n) is 4.29. The van der Waals surface area contributed by atoms with Crippen LogP contribution in [-0.4, -0.2) is 10.2 Å². The molecular formula is C20H12N2. The van der Waals surface area contributed by atoms with Gasteiger partial charge >= 0.3 is 0 Å². The molecule has 0 saturated carbocycles. The fraction of sp³-hybridized carbons (Fsp3) is 0. The van der Waals surface area contributed by atoms with Gasteiger partial charge in [0.1, 0.15) is 0 Å². The second kappa shape index (κ2) is 4.25. The molecule has 0 aliphatic rings. The molecule has 2 heteroatoms. The van der Waals surface area contributed by atoms with Crippen molar-refractivity contribution in [3.63, 3.8) is 0 Å². The molecule has 22 heavy (non-hydrogen) atoms. The Labute approximate surface area is 127 Å². The molecule has 1 heterocycles. The topological polar surface area (TPSA) is 25.8 Å². The van der Waals surface area contributed by atoms with Gasteiger partial charge in [0.25, 0.3) is 0 Å². The van der Waals surface area contributed by atoms with Crippen molar-refractivity contribution < 1.29 is 0 Å². The first kappa shape index (κ1) is 11.6. The molecule has 0 amide bonds. The largest absolute Gasteiger partial charge is 0.159 e. The summed E-state index contributed by atoms with van der Waals surface area (Å²) in [6.07, 6.45) is 1.74. The molecule has 0 radical (unpaired) electrons. The van der Waals surface area contributed by atoms with E-state index in [0.717, 1.165) is 10.9 Å². The monoisotopic (exact) mass is 280 g/mol. The summed E-state index contributed by atoms with van der Waals surface area (Å²) in [6, 6.07) is 23.8. The van der Waals surface area contributed by atoms with Gasteiger partial charge in [-0.2, -0.15) is 10.2 Å². The third kappa shape index (κ3) is 1.67. The van der Waals surface area contributed by atoms with Gasteiger partial charge in [0.2, 0.25) is 0 Å². The van der Waals surface area contributed by atoms with E-state index in [1.165, 1.54) is 32.3 Å². The number of fused-ring (bicyclic) bond motifs is 4. The zero-order chi connectivity index (χ0) is 14.5. The predicted octanol–water partition coefficient (Wildman–Crippen LogP) is 5.09. The molecule has 0 N–H and O–H groups in total. The molecule has 5 rings (SSSR count). The van der Waals surface area contributed by atoms with Crippen molar-refractivity contribution in [2.24, 2.45) is 0 Å². The normalized spacial score (nSPS) is 11.6. The second-order valence-corrected chi connectivity index (χ2v) is 5.69. The lowest BCUT2D eigenvalue weighted by molar-refractivity contribution is 1.08. The Hall–Kier alpha value is -3.00. The van der Waals surface area contributed by atoms with Crippen molar-refractivity contribution >= 4 is 43.2 Å². The van der Waals surface area contributed by atoms with Gasteiger partial charge in [-0.3, -0.25) is 0 Å². The minimum absolute atomic E-state index is 0.940. The zero-order valence-electron chi connectivity index (χ0n) is 11.8. The first-order chi connectivity index (χ1) is 10.9. The molecule has 0 spiro atoms. The van der Waals surface area contributed by atoms with E-state index in [9.17, 15) is 0 Å². The van der Waals surface area contributed by atoms with Crippen LogP contribution in [0.1, 0.15) is 0 Å². The van der Waals surface area contributed by atoms with E-state index in [2.05, 4.69) is 70.9 Å². The van der Waals surface area contributed by atoms with Crippen LogP contribution in [0.3, 0.4) is 0 Å². The fourth-order valence-electron chi connectivity index (χ4n) is 3.18. The van der Waals surface area contributed by atoms with E-state index in [4.69, 9.17) is 0 Å². The van der Waals surface area contributed by atoms with Gasteiger partial charge in [-0.15, -0.1) is 0 Å². The second-order valence-electron chi connectivity index (χ2n) is 5.69. The Morgan fingerprint density at radius 2 is 1.05 bits per heavy atom. The van der Waals surface area contributed by atoms with Crippen LogP contribution < -0.4 is 0 Å². The number of nitrogens with zero attached hydrogens (tertiary/aromatic N) is 2. The van der Waals surface area contributed by atoms with E-state index < -0.39 is 0 Å². The quantitative estimate of drug-likeness (QED) is 0.369. The maximum absolute atomic E-state index is 4.21. The molecule has 4 aromatic carbocycles. The smallest absolute Gasteiger partial charge is 0.0936 e.